The molecule has 0 amide bonds. The van der Waals surface area contributed by atoms with Crippen molar-refractivity contribution < 1.29 is 67.1 Å². The number of phosphoric acid groups is 1. The van der Waals surface area contributed by atoms with Gasteiger partial charge in [0, 0.05) is 45.1 Å². The van der Waals surface area contributed by atoms with Crippen LogP contribution in [0.1, 0.15) is 44.7 Å². The van der Waals surface area contributed by atoms with Crippen LogP contribution in [0.3, 0.4) is 0 Å². The van der Waals surface area contributed by atoms with Crippen molar-refractivity contribution in [3.05, 3.63) is 115 Å². The third kappa shape index (κ3) is 10.4. The molecular formula is C32H26Cl4NaO8P. The Labute approximate surface area is 308 Å². The van der Waals surface area contributed by atoms with Crippen LogP contribution in [0.4, 0.5) is 0 Å². The van der Waals surface area contributed by atoms with Crippen LogP contribution in [0.25, 0.3) is 0 Å². The van der Waals surface area contributed by atoms with E-state index in [0.29, 0.717) is 32.9 Å². The van der Waals surface area contributed by atoms with E-state index in [-0.39, 0.29) is 88.1 Å². The molecule has 0 fully saturated rings. The van der Waals surface area contributed by atoms with Gasteiger partial charge in [-0.3, -0.25) is 9.59 Å². The van der Waals surface area contributed by atoms with Crippen molar-refractivity contribution >= 4 is 65.8 Å². The minimum atomic E-state index is -4.98. The van der Waals surface area contributed by atoms with E-state index >= 15 is 0 Å². The average Bonchev–Trinajstić information content (AvgIpc) is 2.99. The molecule has 8 nitrogen and oxygen atoms in total. The third-order valence-electron chi connectivity index (χ3n) is 6.65. The average molecular weight is 734 g/mol. The van der Waals surface area contributed by atoms with Crippen molar-refractivity contribution in [3.63, 3.8) is 0 Å². The maximum Gasteiger partial charge on any atom is 1.00 e. The Morgan fingerprint density at radius 3 is 1.39 bits per heavy atom. The Bertz CT molecular complexity index is 1660. The zero-order valence-electron chi connectivity index (χ0n) is 25.0. The number of Topliss-reactive ketones (excluding diaryl/α,β-unsaturated/α-hetero) is 2. The third-order valence-corrected chi connectivity index (χ3v) is 8.70. The first-order chi connectivity index (χ1) is 21.4. The Morgan fingerprint density at radius 1 is 0.652 bits per heavy atom. The minimum absolute atomic E-state index is 0. The van der Waals surface area contributed by atoms with Crippen molar-refractivity contribution in [2.45, 2.75) is 25.7 Å². The largest absolute Gasteiger partial charge is 1.00 e. The molecule has 4 aromatic carbocycles. The number of hydrogen-bond acceptors (Lipinski definition) is 8. The molecular weight excluding hydrogens is 708 g/mol. The molecule has 236 valence electrons. The van der Waals surface area contributed by atoms with Gasteiger partial charge in [-0.2, -0.15) is 0 Å². The number of halogens is 4. The molecule has 0 saturated carbocycles. The van der Waals surface area contributed by atoms with Crippen LogP contribution >= 0.6 is 54.2 Å². The molecule has 0 N–H and O–H groups in total. The van der Waals surface area contributed by atoms with Gasteiger partial charge in [0.2, 0.25) is 0 Å². The molecule has 0 aliphatic rings. The van der Waals surface area contributed by atoms with E-state index in [1.165, 1.54) is 50.6 Å². The molecule has 0 aromatic heterocycles. The van der Waals surface area contributed by atoms with Gasteiger partial charge in [0.15, 0.2) is 11.6 Å². The van der Waals surface area contributed by atoms with Gasteiger partial charge in [-0.25, -0.2) is 4.57 Å². The summed E-state index contributed by atoms with van der Waals surface area (Å²) in [6.45, 7) is 0. The number of benzene rings is 4. The summed E-state index contributed by atoms with van der Waals surface area (Å²) < 4.78 is 33.6. The van der Waals surface area contributed by atoms with Crippen LogP contribution in [0, 0.1) is 0 Å². The molecule has 0 atom stereocenters. The number of hydrogen-bond donors (Lipinski definition) is 0. The number of methoxy groups -OCH3 is 2. The SMILES string of the molecule is COc1cc(OP(=O)([O-])Oc2ccc(C(=O)CCc3ccc(Cl)cc3Cl)c(OC)c2)ccc1C(=O)CCc1ccc(Cl)cc1Cl.[Na+]. The van der Waals surface area contributed by atoms with Crippen molar-refractivity contribution in [2.75, 3.05) is 14.2 Å². The second-order valence-electron chi connectivity index (χ2n) is 9.67. The van der Waals surface area contributed by atoms with Crippen LogP contribution < -0.4 is 53.0 Å². The first-order valence-corrected chi connectivity index (χ1v) is 16.4. The molecule has 14 heteroatoms. The first-order valence-electron chi connectivity index (χ1n) is 13.4. The molecule has 0 aliphatic heterocycles. The zero-order valence-corrected chi connectivity index (χ0v) is 30.9. The molecule has 4 aromatic rings. The number of ketones is 2. The Balaban J connectivity index is 0.00000576. The summed E-state index contributed by atoms with van der Waals surface area (Å²) in [5.41, 5.74) is 1.99. The van der Waals surface area contributed by atoms with Gasteiger partial charge in [0.05, 0.1) is 25.3 Å². The van der Waals surface area contributed by atoms with E-state index in [0.717, 1.165) is 11.1 Å². The van der Waals surface area contributed by atoms with Crippen LogP contribution in [-0.4, -0.2) is 25.8 Å². The van der Waals surface area contributed by atoms with E-state index in [2.05, 4.69) is 0 Å². The number of phosphoric ester groups is 1. The maximum atomic E-state index is 12.9. The van der Waals surface area contributed by atoms with Crippen LogP contribution in [-0.2, 0) is 17.4 Å². The van der Waals surface area contributed by atoms with Crippen molar-refractivity contribution in [1.82, 2.24) is 0 Å². The smallest absolute Gasteiger partial charge is 0.736 e. The van der Waals surface area contributed by atoms with Gasteiger partial charge in [-0.1, -0.05) is 58.5 Å². The second kappa shape index (κ2) is 17.3. The summed E-state index contributed by atoms with van der Waals surface area (Å²) in [5, 5.41) is 1.89. The standard InChI is InChI=1S/C32H27Cl4O8P.Na/c1-41-31-17-23(9-11-25(31)29(37)13-5-19-3-7-21(33)15-27(19)35)43-45(39,40)44-24-10-12-26(32(18-24)42-2)30(38)14-6-20-4-8-22(34)16-28(20)36;/h3-4,7-12,15-18H,5-6,13-14H2,1-2H3,(H,39,40);/q;+1/p-1. The normalized spacial score (nSPS) is 10.9. The fourth-order valence-electron chi connectivity index (χ4n) is 4.41. The van der Waals surface area contributed by atoms with Crippen LogP contribution in [0.5, 0.6) is 23.0 Å². The molecule has 0 aliphatic carbocycles. The molecule has 0 bridgehead atoms. The zero-order chi connectivity index (χ0) is 32.7. The first kappa shape index (κ1) is 38.2. The molecule has 4 rings (SSSR count). The van der Waals surface area contributed by atoms with E-state index in [9.17, 15) is 19.0 Å². The summed E-state index contributed by atoms with van der Waals surface area (Å²) in [7, 11) is -2.29. The second-order valence-corrected chi connectivity index (χ2v) is 12.6. The van der Waals surface area contributed by atoms with Crippen LogP contribution in [0.15, 0.2) is 72.8 Å². The molecule has 0 saturated heterocycles. The molecule has 0 spiro atoms. The topological polar surface area (TPSA) is 111 Å². The summed E-state index contributed by atoms with van der Waals surface area (Å²) >= 11 is 24.3. The number of carbonyl (C=O) groups excluding carboxylic acids is 2. The molecule has 46 heavy (non-hydrogen) atoms. The molecule has 0 heterocycles. The molecule has 0 unspecified atom stereocenters. The number of rotatable bonds is 14. The minimum Gasteiger partial charge on any atom is -0.736 e. The molecule has 0 radical (unpaired) electrons. The van der Waals surface area contributed by atoms with E-state index < -0.39 is 7.82 Å². The van der Waals surface area contributed by atoms with Crippen molar-refractivity contribution in [1.29, 1.82) is 0 Å². The van der Waals surface area contributed by atoms with Gasteiger partial charge in [-0.05, 0) is 72.5 Å². The van der Waals surface area contributed by atoms with Gasteiger partial charge in [0.1, 0.15) is 23.0 Å². The van der Waals surface area contributed by atoms with Crippen LogP contribution in [0.2, 0.25) is 20.1 Å². The predicted molar refractivity (Wildman–Crippen MR) is 173 cm³/mol. The van der Waals surface area contributed by atoms with Crippen molar-refractivity contribution in [3.8, 4) is 23.0 Å². The van der Waals surface area contributed by atoms with E-state index in [4.69, 9.17) is 64.9 Å². The Kier molecular flexibility index (Phi) is 14.3. The Morgan fingerprint density at radius 2 is 1.04 bits per heavy atom. The summed E-state index contributed by atoms with van der Waals surface area (Å²) in [5.74, 6) is -0.537. The van der Waals surface area contributed by atoms with Gasteiger partial charge < -0.3 is 23.4 Å². The van der Waals surface area contributed by atoms with E-state index in [1.807, 2.05) is 0 Å². The van der Waals surface area contributed by atoms with Gasteiger partial charge in [-0.15, -0.1) is 0 Å². The summed E-state index contributed by atoms with van der Waals surface area (Å²) in [6, 6.07) is 18.0. The summed E-state index contributed by atoms with van der Waals surface area (Å²) in [4.78, 5) is 38.6. The fraction of sp³-hybridized carbons (Fsp3) is 0.188. The Hall–Kier alpha value is -2.23. The monoisotopic (exact) mass is 732 g/mol. The number of aryl methyl sites for hydroxylation is 2. The predicted octanol–water partition coefficient (Wildman–Crippen LogP) is 5.88. The quantitative estimate of drug-likeness (QED) is 0.0899. The fourth-order valence-corrected chi connectivity index (χ4v) is 6.20. The summed E-state index contributed by atoms with van der Waals surface area (Å²) in [6.07, 6.45) is 0.974. The van der Waals surface area contributed by atoms with E-state index in [1.54, 1.807) is 36.4 Å². The number of ether oxygens (including phenoxy) is 2. The van der Waals surface area contributed by atoms with Gasteiger partial charge in [0.25, 0.3) is 0 Å². The van der Waals surface area contributed by atoms with Gasteiger partial charge >= 0.3 is 37.4 Å². The van der Waals surface area contributed by atoms with Crippen molar-refractivity contribution in [2.24, 2.45) is 0 Å². The maximum absolute atomic E-state index is 12.9. The number of carbonyl (C=O) groups is 2.